The van der Waals surface area contributed by atoms with Crippen LogP contribution in [0.5, 0.6) is 17.4 Å². The van der Waals surface area contributed by atoms with Crippen molar-refractivity contribution >= 4 is 28.3 Å². The first-order chi connectivity index (χ1) is 14.7. The van der Waals surface area contributed by atoms with Gasteiger partial charge in [-0.2, -0.15) is 4.98 Å². The standard InChI is InChI=1S/C21H18N6O3/c1-29-15-9-3-2-8-14(15)20(28)27-26-19-17(22)21(25-12-24-19)30-16-10-4-6-13-7-5-11-23-18(13)16/h2-12H,22H2,1H3,(H,27,28)(H,24,25,26). The van der Waals surface area contributed by atoms with Gasteiger partial charge in [0.05, 0.1) is 12.7 Å². The molecule has 0 spiro atoms. The van der Waals surface area contributed by atoms with Gasteiger partial charge in [-0.15, -0.1) is 0 Å². The maximum Gasteiger partial charge on any atom is 0.273 e. The van der Waals surface area contributed by atoms with Crippen molar-refractivity contribution < 1.29 is 14.3 Å². The highest BCUT2D eigenvalue weighted by Gasteiger charge is 2.15. The van der Waals surface area contributed by atoms with E-state index in [1.165, 1.54) is 13.4 Å². The van der Waals surface area contributed by atoms with Crippen LogP contribution >= 0.6 is 0 Å². The maximum atomic E-state index is 12.5. The number of nitrogens with one attached hydrogen (secondary N) is 2. The van der Waals surface area contributed by atoms with Crippen LogP contribution in [0.15, 0.2) is 67.1 Å². The quantitative estimate of drug-likeness (QED) is 0.420. The molecule has 9 nitrogen and oxygen atoms in total. The molecule has 4 N–H and O–H groups in total. The van der Waals surface area contributed by atoms with E-state index in [0.29, 0.717) is 22.6 Å². The van der Waals surface area contributed by atoms with E-state index in [4.69, 9.17) is 15.2 Å². The number of nitrogens with zero attached hydrogens (tertiary/aromatic N) is 3. The van der Waals surface area contributed by atoms with Crippen molar-refractivity contribution in [2.24, 2.45) is 0 Å². The summed E-state index contributed by atoms with van der Waals surface area (Å²) in [5.41, 5.74) is 12.6. The molecular formula is C21H18N6O3. The molecule has 2 aromatic heterocycles. The molecule has 0 unspecified atom stereocenters. The second-order valence-corrected chi connectivity index (χ2v) is 6.15. The largest absolute Gasteiger partial charge is 0.496 e. The summed E-state index contributed by atoms with van der Waals surface area (Å²) in [7, 11) is 1.49. The average Bonchev–Trinajstić information content (AvgIpc) is 2.79. The van der Waals surface area contributed by atoms with E-state index in [1.54, 1.807) is 36.5 Å². The van der Waals surface area contributed by atoms with Crippen molar-refractivity contribution in [1.82, 2.24) is 20.4 Å². The number of ether oxygens (including phenoxy) is 2. The average molecular weight is 402 g/mol. The van der Waals surface area contributed by atoms with Crippen LogP contribution in [0.1, 0.15) is 10.4 Å². The number of hydrogen-bond donors (Lipinski definition) is 3. The Morgan fingerprint density at radius 1 is 0.967 bits per heavy atom. The summed E-state index contributed by atoms with van der Waals surface area (Å²) in [5.74, 6) is 0.863. The Morgan fingerprint density at radius 3 is 2.63 bits per heavy atom. The summed E-state index contributed by atoms with van der Waals surface area (Å²) in [4.78, 5) is 25.0. The lowest BCUT2D eigenvalue weighted by molar-refractivity contribution is 0.0959. The number of aromatic nitrogens is 3. The highest BCUT2D eigenvalue weighted by molar-refractivity contribution is 5.97. The molecular weight excluding hydrogens is 384 g/mol. The fourth-order valence-corrected chi connectivity index (χ4v) is 2.84. The number of rotatable bonds is 6. The minimum absolute atomic E-state index is 0.130. The molecule has 9 heteroatoms. The van der Waals surface area contributed by atoms with Gasteiger partial charge in [-0.1, -0.05) is 30.3 Å². The fraction of sp³-hybridized carbons (Fsp3) is 0.0476. The van der Waals surface area contributed by atoms with Crippen LogP contribution in [0.25, 0.3) is 10.9 Å². The van der Waals surface area contributed by atoms with Gasteiger partial charge in [0.25, 0.3) is 5.91 Å². The zero-order valence-corrected chi connectivity index (χ0v) is 16.0. The van der Waals surface area contributed by atoms with E-state index >= 15 is 0 Å². The van der Waals surface area contributed by atoms with Gasteiger partial charge in [0.15, 0.2) is 11.6 Å². The van der Waals surface area contributed by atoms with Crippen molar-refractivity contribution in [1.29, 1.82) is 0 Å². The van der Waals surface area contributed by atoms with Gasteiger partial charge in [-0.05, 0) is 24.3 Å². The van der Waals surface area contributed by atoms with E-state index in [0.717, 1.165) is 5.39 Å². The molecule has 0 aliphatic heterocycles. The minimum atomic E-state index is -0.411. The molecule has 0 saturated heterocycles. The zero-order chi connectivity index (χ0) is 20.9. The van der Waals surface area contributed by atoms with Gasteiger partial charge in [0, 0.05) is 11.6 Å². The third-order valence-electron chi connectivity index (χ3n) is 4.30. The molecule has 0 saturated carbocycles. The molecule has 2 heterocycles. The summed E-state index contributed by atoms with van der Waals surface area (Å²) >= 11 is 0. The van der Waals surface area contributed by atoms with Crippen molar-refractivity contribution in [3.05, 3.63) is 72.7 Å². The van der Waals surface area contributed by atoms with E-state index in [-0.39, 0.29) is 17.4 Å². The maximum absolute atomic E-state index is 12.5. The SMILES string of the molecule is COc1ccccc1C(=O)NNc1ncnc(Oc2cccc3cccnc23)c1N. The van der Waals surface area contributed by atoms with Crippen molar-refractivity contribution in [3.63, 3.8) is 0 Å². The molecule has 0 bridgehead atoms. The lowest BCUT2D eigenvalue weighted by atomic mass is 10.2. The van der Waals surface area contributed by atoms with Crippen LogP contribution < -0.4 is 26.1 Å². The molecule has 30 heavy (non-hydrogen) atoms. The van der Waals surface area contributed by atoms with E-state index in [2.05, 4.69) is 25.8 Å². The molecule has 4 rings (SSSR count). The Balaban J connectivity index is 1.54. The first-order valence-corrected chi connectivity index (χ1v) is 8.99. The first-order valence-electron chi connectivity index (χ1n) is 8.99. The predicted octanol–water partition coefficient (Wildman–Crippen LogP) is 3.16. The van der Waals surface area contributed by atoms with Gasteiger partial charge in [-0.25, -0.2) is 4.98 Å². The number of fused-ring (bicyclic) bond motifs is 1. The topological polar surface area (TPSA) is 124 Å². The lowest BCUT2D eigenvalue weighted by Gasteiger charge is -2.14. The summed E-state index contributed by atoms with van der Waals surface area (Å²) in [6.07, 6.45) is 2.96. The van der Waals surface area contributed by atoms with Crippen LogP contribution in [-0.2, 0) is 0 Å². The number of nitrogens with two attached hydrogens (primary N) is 1. The van der Waals surface area contributed by atoms with E-state index in [9.17, 15) is 4.79 Å². The van der Waals surface area contributed by atoms with Crippen LogP contribution in [0.3, 0.4) is 0 Å². The third-order valence-corrected chi connectivity index (χ3v) is 4.30. The van der Waals surface area contributed by atoms with E-state index in [1.807, 2.05) is 24.3 Å². The number of carbonyl (C=O) groups excluding carboxylic acids is 1. The number of anilines is 2. The van der Waals surface area contributed by atoms with Crippen LogP contribution in [0.2, 0.25) is 0 Å². The van der Waals surface area contributed by atoms with Gasteiger partial charge in [-0.3, -0.25) is 20.6 Å². The van der Waals surface area contributed by atoms with Crippen molar-refractivity contribution in [2.45, 2.75) is 0 Å². The Morgan fingerprint density at radius 2 is 1.77 bits per heavy atom. The number of hydrogen-bond acceptors (Lipinski definition) is 8. The number of para-hydroxylation sites is 2. The number of methoxy groups -OCH3 is 1. The Kier molecular flexibility index (Phi) is 5.25. The summed E-state index contributed by atoms with van der Waals surface area (Å²) in [5, 5.41) is 0.921. The van der Waals surface area contributed by atoms with Gasteiger partial charge < -0.3 is 15.2 Å². The summed E-state index contributed by atoms with van der Waals surface area (Å²) in [6, 6.07) is 16.2. The Hall–Kier alpha value is -4.40. The van der Waals surface area contributed by atoms with E-state index < -0.39 is 5.91 Å². The molecule has 0 radical (unpaired) electrons. The van der Waals surface area contributed by atoms with Crippen LogP contribution in [0.4, 0.5) is 11.5 Å². The number of nitrogen functional groups attached to an aromatic ring is 1. The van der Waals surface area contributed by atoms with Gasteiger partial charge in [0.2, 0.25) is 5.88 Å². The number of amides is 1. The number of hydrazine groups is 1. The first kappa shape index (κ1) is 18.9. The second-order valence-electron chi connectivity index (χ2n) is 6.15. The number of benzene rings is 2. The Bertz CT molecular complexity index is 1210. The second kappa shape index (κ2) is 8.31. The van der Waals surface area contributed by atoms with Crippen molar-refractivity contribution in [2.75, 3.05) is 18.3 Å². The van der Waals surface area contributed by atoms with Gasteiger partial charge >= 0.3 is 0 Å². The predicted molar refractivity (Wildman–Crippen MR) is 112 cm³/mol. The molecule has 4 aromatic rings. The smallest absolute Gasteiger partial charge is 0.273 e. The summed E-state index contributed by atoms with van der Waals surface area (Å²) < 4.78 is 11.1. The molecule has 0 atom stereocenters. The highest BCUT2D eigenvalue weighted by Crippen LogP contribution is 2.32. The monoisotopic (exact) mass is 402 g/mol. The lowest BCUT2D eigenvalue weighted by Crippen LogP contribution is -2.30. The highest BCUT2D eigenvalue weighted by atomic mass is 16.5. The number of carbonyl (C=O) groups is 1. The minimum Gasteiger partial charge on any atom is -0.496 e. The van der Waals surface area contributed by atoms with Gasteiger partial charge in [0.1, 0.15) is 23.3 Å². The molecule has 1 amide bonds. The van der Waals surface area contributed by atoms with Crippen LogP contribution in [-0.4, -0.2) is 28.0 Å². The molecule has 0 fully saturated rings. The summed E-state index contributed by atoms with van der Waals surface area (Å²) in [6.45, 7) is 0. The van der Waals surface area contributed by atoms with Crippen molar-refractivity contribution in [3.8, 4) is 17.4 Å². The Labute approximate surface area is 171 Å². The zero-order valence-electron chi connectivity index (χ0n) is 16.0. The fourth-order valence-electron chi connectivity index (χ4n) is 2.84. The molecule has 2 aromatic carbocycles. The molecule has 150 valence electrons. The molecule has 0 aliphatic carbocycles. The number of pyridine rings is 1. The van der Waals surface area contributed by atoms with Crippen LogP contribution in [0, 0.1) is 0 Å². The third kappa shape index (κ3) is 3.76. The normalized spacial score (nSPS) is 10.4. The molecule has 0 aliphatic rings.